The second-order valence-corrected chi connectivity index (χ2v) is 5.42. The van der Waals surface area contributed by atoms with Crippen molar-refractivity contribution in [2.75, 3.05) is 0 Å². The second-order valence-electron chi connectivity index (χ2n) is 5.42. The van der Waals surface area contributed by atoms with Crippen molar-refractivity contribution in [3.8, 4) is 0 Å². The van der Waals surface area contributed by atoms with Crippen LogP contribution in [0.4, 0.5) is 0 Å². The largest absolute Gasteiger partial charge is 0.294 e. The van der Waals surface area contributed by atoms with Crippen LogP contribution in [0, 0.1) is 0 Å². The Morgan fingerprint density at radius 1 is 0.810 bits per heavy atom. The van der Waals surface area contributed by atoms with Crippen molar-refractivity contribution >= 4 is 44.8 Å². The van der Waals surface area contributed by atoms with Gasteiger partial charge >= 0.3 is 0 Å². The fourth-order valence-electron chi connectivity index (χ4n) is 3.36. The van der Waals surface area contributed by atoms with Crippen molar-refractivity contribution < 1.29 is 0 Å². The van der Waals surface area contributed by atoms with Crippen molar-refractivity contribution in [1.29, 1.82) is 0 Å². The third-order valence-corrected chi connectivity index (χ3v) is 4.29. The van der Waals surface area contributed by atoms with Gasteiger partial charge < -0.3 is 0 Å². The van der Waals surface area contributed by atoms with Crippen molar-refractivity contribution in [1.82, 2.24) is 9.38 Å². The Hall–Kier alpha value is -2.87. The molecule has 5 rings (SSSR count). The normalized spacial score (nSPS) is 12.0. The Morgan fingerprint density at radius 3 is 2.43 bits per heavy atom. The maximum atomic E-state index is 4.90. The molecule has 0 N–H and O–H groups in total. The summed E-state index contributed by atoms with van der Waals surface area (Å²) in [5.74, 6) is 0. The molecular formula is C19H12N2. The smallest absolute Gasteiger partial charge is 0.146 e. The SMILES string of the molecule is C=c1c2ccccc2c2nc3cccc4cccc(c43)n12. The summed E-state index contributed by atoms with van der Waals surface area (Å²) < 4.78 is 2.18. The van der Waals surface area contributed by atoms with E-state index in [1.165, 1.54) is 21.7 Å². The first-order chi connectivity index (χ1) is 10.3. The fraction of sp³-hybridized carbons (Fsp3) is 0. The van der Waals surface area contributed by atoms with E-state index in [0.29, 0.717) is 0 Å². The van der Waals surface area contributed by atoms with Gasteiger partial charge in [0.1, 0.15) is 5.65 Å². The molecule has 0 aliphatic carbocycles. The van der Waals surface area contributed by atoms with Gasteiger partial charge in [-0.1, -0.05) is 55.1 Å². The minimum Gasteiger partial charge on any atom is -0.294 e. The summed E-state index contributed by atoms with van der Waals surface area (Å²) in [6, 6.07) is 21.0. The topological polar surface area (TPSA) is 17.3 Å². The van der Waals surface area contributed by atoms with Gasteiger partial charge in [0.25, 0.3) is 0 Å². The van der Waals surface area contributed by atoms with Crippen LogP contribution in [0.25, 0.3) is 44.8 Å². The molecule has 21 heavy (non-hydrogen) atoms. The van der Waals surface area contributed by atoms with Gasteiger partial charge in [0.05, 0.1) is 11.0 Å². The lowest BCUT2D eigenvalue weighted by molar-refractivity contribution is 1.18. The molecule has 0 aliphatic rings. The highest BCUT2D eigenvalue weighted by Gasteiger charge is 2.12. The number of nitrogens with zero attached hydrogens (tertiary/aromatic N) is 2. The lowest BCUT2D eigenvalue weighted by Gasteiger charge is -2.07. The Balaban J connectivity index is 2.26. The second kappa shape index (κ2) is 3.61. The highest BCUT2D eigenvalue weighted by molar-refractivity contribution is 6.10. The average molecular weight is 268 g/mol. The minimum absolute atomic E-state index is 0.988. The van der Waals surface area contributed by atoms with Crippen LogP contribution in [0.15, 0.2) is 60.7 Å². The molecule has 0 aliphatic heterocycles. The van der Waals surface area contributed by atoms with E-state index in [0.717, 1.165) is 21.9 Å². The van der Waals surface area contributed by atoms with Crippen molar-refractivity contribution in [2.24, 2.45) is 0 Å². The molecule has 5 aromatic rings. The Bertz CT molecular complexity index is 1190. The van der Waals surface area contributed by atoms with Crippen LogP contribution in [0.3, 0.4) is 0 Å². The summed E-state index contributed by atoms with van der Waals surface area (Å²) in [7, 11) is 0. The first kappa shape index (κ1) is 10.9. The molecule has 2 aromatic heterocycles. The molecule has 2 heterocycles. The van der Waals surface area contributed by atoms with Gasteiger partial charge in [-0.2, -0.15) is 0 Å². The standard InChI is InChI=1S/C19H12N2/c1-12-14-8-2-3-9-15(14)19-20-16-10-4-6-13-7-5-11-17(18(13)16)21(12)19/h2-11H,1H2. The molecule has 0 fully saturated rings. The quantitative estimate of drug-likeness (QED) is 0.416. The maximum Gasteiger partial charge on any atom is 0.146 e. The van der Waals surface area contributed by atoms with E-state index in [-0.39, 0.29) is 0 Å². The predicted molar refractivity (Wildman–Crippen MR) is 88.5 cm³/mol. The van der Waals surface area contributed by atoms with Crippen molar-refractivity contribution in [2.45, 2.75) is 0 Å². The van der Waals surface area contributed by atoms with E-state index in [9.17, 15) is 0 Å². The summed E-state index contributed by atoms with van der Waals surface area (Å²) in [4.78, 5) is 4.90. The molecule has 2 nitrogen and oxygen atoms in total. The predicted octanol–water partition coefficient (Wildman–Crippen LogP) is 3.92. The third-order valence-electron chi connectivity index (χ3n) is 4.29. The van der Waals surface area contributed by atoms with Crippen LogP contribution >= 0.6 is 0 Å². The summed E-state index contributed by atoms with van der Waals surface area (Å²) in [5.41, 5.74) is 3.20. The number of rotatable bonds is 0. The van der Waals surface area contributed by atoms with Gasteiger partial charge in [-0.15, -0.1) is 0 Å². The molecule has 0 unspecified atom stereocenters. The molecule has 0 saturated carbocycles. The lowest BCUT2D eigenvalue weighted by Crippen LogP contribution is -2.08. The Labute approximate surface area is 120 Å². The van der Waals surface area contributed by atoms with Gasteiger partial charge in [-0.25, -0.2) is 4.98 Å². The van der Waals surface area contributed by atoms with Crippen LogP contribution in [0.5, 0.6) is 0 Å². The van der Waals surface area contributed by atoms with Gasteiger partial charge in [0, 0.05) is 21.5 Å². The number of hydrogen-bond acceptors (Lipinski definition) is 1. The highest BCUT2D eigenvalue weighted by atomic mass is 15.0. The van der Waals surface area contributed by atoms with E-state index in [1.54, 1.807) is 0 Å². The monoisotopic (exact) mass is 268 g/mol. The third kappa shape index (κ3) is 1.24. The zero-order valence-corrected chi connectivity index (χ0v) is 11.4. The molecule has 3 aromatic carbocycles. The van der Waals surface area contributed by atoms with Gasteiger partial charge in [0.2, 0.25) is 0 Å². The van der Waals surface area contributed by atoms with Crippen LogP contribution in [0.1, 0.15) is 0 Å². The van der Waals surface area contributed by atoms with E-state index in [1.807, 2.05) is 0 Å². The lowest BCUT2D eigenvalue weighted by atomic mass is 10.1. The van der Waals surface area contributed by atoms with E-state index < -0.39 is 0 Å². The van der Waals surface area contributed by atoms with Gasteiger partial charge in [-0.3, -0.25) is 4.40 Å². The van der Waals surface area contributed by atoms with Crippen molar-refractivity contribution in [3.63, 3.8) is 0 Å². The van der Waals surface area contributed by atoms with Crippen molar-refractivity contribution in [3.05, 3.63) is 66.0 Å². The average Bonchev–Trinajstić information content (AvgIpc) is 2.82. The maximum absolute atomic E-state index is 4.90. The number of benzene rings is 3. The Morgan fingerprint density at radius 2 is 1.57 bits per heavy atom. The summed E-state index contributed by atoms with van der Waals surface area (Å²) >= 11 is 0. The number of aromatic nitrogens is 2. The van der Waals surface area contributed by atoms with Gasteiger partial charge in [0.15, 0.2) is 0 Å². The fourth-order valence-corrected chi connectivity index (χ4v) is 3.36. The molecule has 0 radical (unpaired) electrons. The van der Waals surface area contributed by atoms with E-state index in [2.05, 4.69) is 71.6 Å². The molecule has 0 bridgehead atoms. The molecule has 98 valence electrons. The molecule has 0 saturated heterocycles. The van der Waals surface area contributed by atoms with E-state index >= 15 is 0 Å². The van der Waals surface area contributed by atoms with Crippen LogP contribution < -0.4 is 5.35 Å². The minimum atomic E-state index is 0.988. The number of fused-ring (bicyclic) bond motifs is 4. The summed E-state index contributed by atoms with van der Waals surface area (Å²) in [6.07, 6.45) is 0. The first-order valence-electron chi connectivity index (χ1n) is 7.04. The van der Waals surface area contributed by atoms with Gasteiger partial charge in [-0.05, 0) is 17.5 Å². The molecule has 0 atom stereocenters. The Kier molecular flexibility index (Phi) is 1.87. The molecule has 0 amide bonds. The molecular weight excluding hydrogens is 256 g/mol. The van der Waals surface area contributed by atoms with Crippen LogP contribution in [0.2, 0.25) is 0 Å². The number of hydrogen-bond donors (Lipinski definition) is 0. The first-order valence-corrected chi connectivity index (χ1v) is 7.04. The molecule has 2 heteroatoms. The zero-order valence-electron chi connectivity index (χ0n) is 11.4. The van der Waals surface area contributed by atoms with Crippen LogP contribution in [-0.2, 0) is 0 Å². The molecule has 0 spiro atoms. The summed E-state index contributed by atoms with van der Waals surface area (Å²) in [6.45, 7) is 4.28. The van der Waals surface area contributed by atoms with E-state index in [4.69, 9.17) is 4.98 Å². The summed E-state index contributed by atoms with van der Waals surface area (Å²) in [5, 5.41) is 5.76. The van der Waals surface area contributed by atoms with Crippen LogP contribution in [-0.4, -0.2) is 9.38 Å². The highest BCUT2D eigenvalue weighted by Crippen LogP contribution is 2.28. The zero-order chi connectivity index (χ0) is 14.0.